The van der Waals surface area contributed by atoms with Crippen molar-refractivity contribution in [3.05, 3.63) is 21.9 Å². The largest absolute Gasteiger partial charge is 0.312 e. The summed E-state index contributed by atoms with van der Waals surface area (Å²) < 4.78 is 0. The van der Waals surface area contributed by atoms with Crippen molar-refractivity contribution >= 4 is 11.3 Å². The summed E-state index contributed by atoms with van der Waals surface area (Å²) in [6.45, 7) is 4.48. The van der Waals surface area contributed by atoms with Crippen LogP contribution in [0.4, 0.5) is 0 Å². The summed E-state index contributed by atoms with van der Waals surface area (Å²) >= 11 is 1.89. The van der Waals surface area contributed by atoms with Gasteiger partial charge in [0.15, 0.2) is 0 Å². The monoisotopic (exact) mass is 239 g/mol. The third-order valence-electron chi connectivity index (χ3n) is 3.16. The van der Waals surface area contributed by atoms with Crippen molar-refractivity contribution in [2.45, 2.75) is 58.4 Å². The number of unbranched alkanes of at least 4 members (excludes halogenated alkanes) is 4. The SMILES string of the molecule is CCCCCCCC(NC)c1sccc1C. The van der Waals surface area contributed by atoms with Crippen LogP contribution < -0.4 is 5.32 Å². The minimum atomic E-state index is 0.571. The van der Waals surface area contributed by atoms with Gasteiger partial charge in [-0.25, -0.2) is 0 Å². The molecule has 1 atom stereocenters. The van der Waals surface area contributed by atoms with E-state index in [0.717, 1.165) is 0 Å². The number of hydrogen-bond acceptors (Lipinski definition) is 2. The number of hydrogen-bond donors (Lipinski definition) is 1. The molecule has 0 aliphatic rings. The summed E-state index contributed by atoms with van der Waals surface area (Å²) in [5.41, 5.74) is 1.44. The van der Waals surface area contributed by atoms with E-state index in [1.165, 1.54) is 49.0 Å². The molecule has 0 saturated carbocycles. The van der Waals surface area contributed by atoms with Crippen LogP contribution in [-0.2, 0) is 0 Å². The van der Waals surface area contributed by atoms with E-state index >= 15 is 0 Å². The summed E-state index contributed by atoms with van der Waals surface area (Å²) in [4.78, 5) is 1.53. The van der Waals surface area contributed by atoms with Gasteiger partial charge in [0.05, 0.1) is 0 Å². The van der Waals surface area contributed by atoms with E-state index in [9.17, 15) is 0 Å². The molecular formula is C14H25NS. The molecule has 2 heteroatoms. The summed E-state index contributed by atoms with van der Waals surface area (Å²) in [6, 6.07) is 2.79. The van der Waals surface area contributed by atoms with Crippen LogP contribution in [-0.4, -0.2) is 7.05 Å². The molecular weight excluding hydrogens is 214 g/mol. The normalized spacial score (nSPS) is 12.9. The zero-order valence-corrected chi connectivity index (χ0v) is 11.7. The molecule has 1 rings (SSSR count). The Balaban J connectivity index is 2.30. The second kappa shape index (κ2) is 7.86. The van der Waals surface area contributed by atoms with Crippen molar-refractivity contribution in [1.29, 1.82) is 0 Å². The highest BCUT2D eigenvalue weighted by Gasteiger charge is 2.12. The molecule has 1 heterocycles. The standard InChI is InChI=1S/C14H25NS/c1-4-5-6-7-8-9-13(15-3)14-12(2)10-11-16-14/h10-11,13,15H,4-9H2,1-3H3. The molecule has 1 unspecified atom stereocenters. The van der Waals surface area contributed by atoms with Crippen LogP contribution in [0.3, 0.4) is 0 Å². The van der Waals surface area contributed by atoms with Crippen LogP contribution in [0.5, 0.6) is 0 Å². The minimum absolute atomic E-state index is 0.571. The lowest BCUT2D eigenvalue weighted by molar-refractivity contribution is 0.505. The maximum atomic E-state index is 3.45. The van der Waals surface area contributed by atoms with Crippen molar-refractivity contribution in [2.24, 2.45) is 0 Å². The first kappa shape index (κ1) is 13.7. The van der Waals surface area contributed by atoms with Gasteiger partial charge in [-0.15, -0.1) is 11.3 Å². The first-order valence-corrected chi connectivity index (χ1v) is 7.38. The lowest BCUT2D eigenvalue weighted by atomic mass is 10.0. The Hall–Kier alpha value is -0.340. The Morgan fingerprint density at radius 3 is 2.56 bits per heavy atom. The zero-order chi connectivity index (χ0) is 11.8. The highest BCUT2D eigenvalue weighted by atomic mass is 32.1. The van der Waals surface area contributed by atoms with E-state index in [0.29, 0.717) is 6.04 Å². The molecule has 92 valence electrons. The minimum Gasteiger partial charge on any atom is -0.312 e. The van der Waals surface area contributed by atoms with Gasteiger partial charge < -0.3 is 5.32 Å². The van der Waals surface area contributed by atoms with Gasteiger partial charge in [-0.3, -0.25) is 0 Å². The van der Waals surface area contributed by atoms with Gasteiger partial charge in [0.25, 0.3) is 0 Å². The van der Waals surface area contributed by atoms with Crippen molar-refractivity contribution < 1.29 is 0 Å². The van der Waals surface area contributed by atoms with E-state index < -0.39 is 0 Å². The summed E-state index contributed by atoms with van der Waals surface area (Å²) in [7, 11) is 2.08. The summed E-state index contributed by atoms with van der Waals surface area (Å²) in [6.07, 6.45) is 8.14. The fraction of sp³-hybridized carbons (Fsp3) is 0.714. The van der Waals surface area contributed by atoms with Crippen LogP contribution in [0.15, 0.2) is 11.4 Å². The Bertz CT molecular complexity index is 280. The highest BCUT2D eigenvalue weighted by Crippen LogP contribution is 2.27. The molecule has 0 bridgehead atoms. The lowest BCUT2D eigenvalue weighted by Crippen LogP contribution is -2.15. The third-order valence-corrected chi connectivity index (χ3v) is 4.30. The first-order chi connectivity index (χ1) is 7.79. The molecule has 1 nitrogen and oxygen atoms in total. The molecule has 0 aliphatic carbocycles. The van der Waals surface area contributed by atoms with Gasteiger partial charge in [-0.2, -0.15) is 0 Å². The van der Waals surface area contributed by atoms with Gasteiger partial charge >= 0.3 is 0 Å². The van der Waals surface area contributed by atoms with E-state index in [-0.39, 0.29) is 0 Å². The van der Waals surface area contributed by atoms with Crippen LogP contribution in [0.1, 0.15) is 61.9 Å². The number of rotatable bonds is 8. The lowest BCUT2D eigenvalue weighted by Gasteiger charge is -2.15. The van der Waals surface area contributed by atoms with E-state index in [1.54, 1.807) is 0 Å². The van der Waals surface area contributed by atoms with Crippen LogP contribution in [0.2, 0.25) is 0 Å². The van der Waals surface area contributed by atoms with Crippen LogP contribution >= 0.6 is 11.3 Å². The van der Waals surface area contributed by atoms with Gasteiger partial charge in [0.2, 0.25) is 0 Å². The molecule has 0 radical (unpaired) electrons. The maximum absolute atomic E-state index is 3.45. The fourth-order valence-corrected chi connectivity index (χ4v) is 3.17. The predicted octanol–water partition coefficient (Wildman–Crippen LogP) is 4.68. The molecule has 1 aromatic heterocycles. The average Bonchev–Trinajstić information content (AvgIpc) is 2.70. The topological polar surface area (TPSA) is 12.0 Å². The highest BCUT2D eigenvalue weighted by molar-refractivity contribution is 7.10. The first-order valence-electron chi connectivity index (χ1n) is 6.50. The van der Waals surface area contributed by atoms with Gasteiger partial charge in [0, 0.05) is 10.9 Å². The molecule has 0 spiro atoms. The van der Waals surface area contributed by atoms with Gasteiger partial charge in [-0.1, -0.05) is 39.0 Å². The number of thiophene rings is 1. The van der Waals surface area contributed by atoms with Gasteiger partial charge in [-0.05, 0) is 37.4 Å². The Labute approximate surface area is 104 Å². The van der Waals surface area contributed by atoms with Crippen molar-refractivity contribution in [2.75, 3.05) is 7.05 Å². The fourth-order valence-electron chi connectivity index (χ4n) is 2.10. The van der Waals surface area contributed by atoms with E-state index in [4.69, 9.17) is 0 Å². The van der Waals surface area contributed by atoms with Crippen LogP contribution in [0, 0.1) is 6.92 Å². The molecule has 0 aromatic carbocycles. The van der Waals surface area contributed by atoms with Crippen LogP contribution in [0.25, 0.3) is 0 Å². The molecule has 16 heavy (non-hydrogen) atoms. The van der Waals surface area contributed by atoms with Crippen molar-refractivity contribution in [3.63, 3.8) is 0 Å². The number of aryl methyl sites for hydroxylation is 1. The molecule has 0 amide bonds. The Kier molecular flexibility index (Phi) is 6.74. The summed E-state index contributed by atoms with van der Waals surface area (Å²) in [5, 5.41) is 5.65. The van der Waals surface area contributed by atoms with E-state index in [1.807, 2.05) is 11.3 Å². The maximum Gasteiger partial charge on any atom is 0.0415 e. The van der Waals surface area contributed by atoms with E-state index in [2.05, 4.69) is 37.7 Å². The smallest absolute Gasteiger partial charge is 0.0415 e. The predicted molar refractivity (Wildman–Crippen MR) is 74.2 cm³/mol. The number of nitrogens with one attached hydrogen (secondary N) is 1. The Morgan fingerprint density at radius 2 is 2.00 bits per heavy atom. The molecule has 0 saturated heterocycles. The second-order valence-electron chi connectivity index (χ2n) is 4.51. The molecule has 0 fully saturated rings. The van der Waals surface area contributed by atoms with Gasteiger partial charge in [0.1, 0.15) is 0 Å². The molecule has 0 aliphatic heterocycles. The quantitative estimate of drug-likeness (QED) is 0.650. The average molecular weight is 239 g/mol. The second-order valence-corrected chi connectivity index (χ2v) is 5.46. The van der Waals surface area contributed by atoms with Crippen molar-refractivity contribution in [1.82, 2.24) is 5.32 Å². The summed E-state index contributed by atoms with van der Waals surface area (Å²) in [5.74, 6) is 0. The molecule has 1 aromatic rings. The van der Waals surface area contributed by atoms with Crippen molar-refractivity contribution in [3.8, 4) is 0 Å². The zero-order valence-electron chi connectivity index (χ0n) is 10.9. The Morgan fingerprint density at radius 1 is 1.25 bits per heavy atom. The third kappa shape index (κ3) is 4.26. The molecule has 1 N–H and O–H groups in total.